The highest BCUT2D eigenvalue weighted by Crippen LogP contribution is 2.46. The Morgan fingerprint density at radius 3 is 2.21 bits per heavy atom. The summed E-state index contributed by atoms with van der Waals surface area (Å²) in [6.07, 6.45) is -0.488. The Balaban J connectivity index is 1.74. The number of aromatic hydroxyl groups is 1. The van der Waals surface area contributed by atoms with Gasteiger partial charge in [-0.15, -0.1) is 16.8 Å². The van der Waals surface area contributed by atoms with E-state index in [9.17, 15) is 43.0 Å². The third kappa shape index (κ3) is 4.68. The minimum atomic E-state index is -2.20. The lowest BCUT2D eigenvalue weighted by atomic mass is 9.89. The van der Waals surface area contributed by atoms with Crippen LogP contribution in [0.5, 0.6) is 5.75 Å². The number of carboxylic acids is 1. The first-order chi connectivity index (χ1) is 19.8. The molecule has 1 saturated heterocycles. The van der Waals surface area contributed by atoms with Crippen LogP contribution in [0.4, 0.5) is 22.0 Å². The van der Waals surface area contributed by atoms with Crippen molar-refractivity contribution in [2.75, 3.05) is 5.75 Å². The molecule has 2 aliphatic heterocycles. The number of halogens is 5. The Hall–Kier alpha value is -4.99. The van der Waals surface area contributed by atoms with Crippen LogP contribution in [0.3, 0.4) is 0 Å². The van der Waals surface area contributed by atoms with Gasteiger partial charge in [-0.3, -0.25) is 14.4 Å². The van der Waals surface area contributed by atoms with Crippen molar-refractivity contribution in [3.63, 3.8) is 0 Å². The van der Waals surface area contributed by atoms with Crippen molar-refractivity contribution in [2.45, 2.75) is 17.7 Å². The maximum Gasteiger partial charge on any atom is 0.343 e. The molecule has 5 rings (SSSR count). The highest BCUT2D eigenvalue weighted by Gasteiger charge is 2.35. The van der Waals surface area contributed by atoms with Crippen molar-refractivity contribution in [3.8, 4) is 28.2 Å². The van der Waals surface area contributed by atoms with Crippen molar-refractivity contribution in [2.24, 2.45) is 0 Å². The molecule has 0 unspecified atom stereocenters. The molecule has 0 spiro atoms. The van der Waals surface area contributed by atoms with Gasteiger partial charge in [-0.2, -0.15) is 0 Å². The van der Waals surface area contributed by atoms with E-state index >= 15 is 13.2 Å². The van der Waals surface area contributed by atoms with E-state index in [0.29, 0.717) is 24.3 Å². The molecule has 16 heteroatoms. The van der Waals surface area contributed by atoms with Crippen molar-refractivity contribution < 1.29 is 60.6 Å². The summed E-state index contributed by atoms with van der Waals surface area (Å²) in [5, 5.41) is 19.2. The summed E-state index contributed by atoms with van der Waals surface area (Å²) in [5.74, 6) is -16.6. The lowest BCUT2D eigenvalue weighted by Crippen LogP contribution is -2.32. The molecule has 1 fully saturated rings. The molecule has 0 saturated carbocycles. The SMILES string of the molecule is O=C(CSc1c(F)c(F)c(C(=O)O)c(-c2c3cc(F)c(=O)cc-3oc3cc(O)c(F)cc23)c1F)ON1C(=O)CCC1=O. The number of thioether (sulfide) groups is 1. The molecular formula is C26H12F5NO9S. The average Bonchev–Trinajstić information content (AvgIpc) is 3.23. The van der Waals surface area contributed by atoms with Gasteiger partial charge in [-0.05, 0) is 12.1 Å². The molecule has 3 aliphatic rings. The van der Waals surface area contributed by atoms with Crippen LogP contribution in [0.2, 0.25) is 0 Å². The smallest absolute Gasteiger partial charge is 0.343 e. The molecule has 0 aromatic heterocycles. The van der Waals surface area contributed by atoms with E-state index < -0.39 is 114 Å². The van der Waals surface area contributed by atoms with Crippen LogP contribution >= 0.6 is 11.8 Å². The van der Waals surface area contributed by atoms with E-state index in [1.54, 1.807) is 0 Å². The van der Waals surface area contributed by atoms with Crippen molar-refractivity contribution >= 4 is 46.5 Å². The summed E-state index contributed by atoms with van der Waals surface area (Å²) in [6.45, 7) is 0. The number of hydrogen-bond acceptors (Lipinski definition) is 9. The molecule has 10 nitrogen and oxygen atoms in total. The van der Waals surface area contributed by atoms with Crippen LogP contribution in [0, 0.1) is 29.1 Å². The van der Waals surface area contributed by atoms with E-state index in [2.05, 4.69) is 4.84 Å². The molecule has 0 bridgehead atoms. The quantitative estimate of drug-likeness (QED) is 0.106. The van der Waals surface area contributed by atoms with E-state index in [1.165, 1.54) is 0 Å². The second kappa shape index (κ2) is 10.4. The molecule has 2 amide bonds. The maximum atomic E-state index is 16.1. The number of phenolic OH excluding ortho intramolecular Hbond substituents is 1. The van der Waals surface area contributed by atoms with Crippen molar-refractivity contribution in [3.05, 3.63) is 69.1 Å². The first-order valence-corrected chi connectivity index (χ1v) is 12.5. The maximum absolute atomic E-state index is 16.1. The van der Waals surface area contributed by atoms with E-state index in [0.717, 1.165) is 0 Å². The van der Waals surface area contributed by atoms with Gasteiger partial charge in [-0.25, -0.2) is 31.5 Å². The van der Waals surface area contributed by atoms with Crippen LogP contribution in [-0.2, 0) is 19.2 Å². The molecular weight excluding hydrogens is 597 g/mol. The van der Waals surface area contributed by atoms with E-state index in [-0.39, 0.29) is 29.7 Å². The number of hydrogen-bond donors (Lipinski definition) is 2. The Bertz CT molecular complexity index is 1890. The van der Waals surface area contributed by atoms with Gasteiger partial charge < -0.3 is 19.5 Å². The first-order valence-electron chi connectivity index (χ1n) is 11.5. The number of carbonyl (C=O) groups is 4. The zero-order valence-corrected chi connectivity index (χ0v) is 21.2. The number of hydroxylamine groups is 2. The second-order valence-corrected chi connectivity index (χ2v) is 9.70. The molecule has 2 heterocycles. The number of phenols is 1. The topological polar surface area (TPSA) is 151 Å². The Morgan fingerprint density at radius 2 is 1.57 bits per heavy atom. The number of nitrogens with zero attached hydrogens (tertiary/aromatic N) is 1. The minimum Gasteiger partial charge on any atom is -0.505 e. The normalized spacial score (nSPS) is 13.4. The molecule has 2 aromatic rings. The van der Waals surface area contributed by atoms with Crippen LogP contribution in [0.15, 0.2) is 38.4 Å². The predicted molar refractivity (Wildman–Crippen MR) is 131 cm³/mol. The van der Waals surface area contributed by atoms with Gasteiger partial charge in [0.1, 0.15) is 22.7 Å². The fourth-order valence-corrected chi connectivity index (χ4v) is 5.05. The zero-order valence-electron chi connectivity index (χ0n) is 20.4. The molecule has 216 valence electrons. The first kappa shape index (κ1) is 28.5. The summed E-state index contributed by atoms with van der Waals surface area (Å²) in [6, 6.07) is 2.28. The van der Waals surface area contributed by atoms with E-state index in [1.807, 2.05) is 0 Å². The summed E-state index contributed by atoms with van der Waals surface area (Å²) in [7, 11) is 0. The third-order valence-electron chi connectivity index (χ3n) is 6.12. The highest BCUT2D eigenvalue weighted by molar-refractivity contribution is 8.00. The van der Waals surface area contributed by atoms with Gasteiger partial charge in [0.15, 0.2) is 29.0 Å². The molecule has 42 heavy (non-hydrogen) atoms. The number of carbonyl (C=O) groups excluding carboxylic acids is 3. The van der Waals surface area contributed by atoms with Gasteiger partial charge >= 0.3 is 11.9 Å². The highest BCUT2D eigenvalue weighted by atomic mass is 32.2. The number of aromatic carboxylic acids is 1. The predicted octanol–water partition coefficient (Wildman–Crippen LogP) is 4.36. The number of amides is 2. The van der Waals surface area contributed by atoms with Crippen LogP contribution in [0.1, 0.15) is 23.2 Å². The van der Waals surface area contributed by atoms with Crippen LogP contribution in [0.25, 0.3) is 33.4 Å². The van der Waals surface area contributed by atoms with E-state index in [4.69, 9.17) is 4.42 Å². The number of benzene rings is 3. The van der Waals surface area contributed by atoms with Gasteiger partial charge in [0.25, 0.3) is 11.8 Å². The summed E-state index contributed by atoms with van der Waals surface area (Å²) in [4.78, 5) is 62.9. The Kier molecular flexibility index (Phi) is 7.10. The van der Waals surface area contributed by atoms with Gasteiger partial charge in [0.05, 0.1) is 10.6 Å². The lowest BCUT2D eigenvalue weighted by Gasteiger charge is -2.20. The second-order valence-electron chi connectivity index (χ2n) is 8.72. The average molecular weight is 609 g/mol. The Labute approximate surface area is 233 Å². The number of fused-ring (bicyclic) bond motifs is 2. The number of imide groups is 1. The zero-order chi connectivity index (χ0) is 30.6. The van der Waals surface area contributed by atoms with Gasteiger partial charge in [0, 0.05) is 47.1 Å². The molecule has 0 atom stereocenters. The molecule has 2 aromatic carbocycles. The van der Waals surface area contributed by atoms with Gasteiger partial charge in [0.2, 0.25) is 5.43 Å². The van der Waals surface area contributed by atoms with Crippen molar-refractivity contribution in [1.82, 2.24) is 5.06 Å². The summed E-state index contributed by atoms with van der Waals surface area (Å²) in [5.41, 5.74) is -5.87. The Morgan fingerprint density at radius 1 is 0.905 bits per heavy atom. The van der Waals surface area contributed by atoms with Crippen molar-refractivity contribution in [1.29, 1.82) is 0 Å². The largest absolute Gasteiger partial charge is 0.505 e. The number of rotatable bonds is 6. The van der Waals surface area contributed by atoms with Gasteiger partial charge in [-0.1, -0.05) is 0 Å². The standard InChI is InChI=1S/C26H12F5NO9S/c27-10-3-8-14(5-12(10)33)40-15-6-13(34)11(28)4-9(15)19(8)20-21(26(38)39)22(29)24(31)25(23(20)30)42-7-18(37)41-32-16(35)1-2-17(32)36/h3-6,33H,1-2,7H2,(H,38,39). The molecule has 2 N–H and O–H groups in total. The third-order valence-corrected chi connectivity index (χ3v) is 7.15. The monoisotopic (exact) mass is 609 g/mol. The summed E-state index contributed by atoms with van der Waals surface area (Å²) >= 11 is -0.0353. The lowest BCUT2D eigenvalue weighted by molar-refractivity contribution is -0.195. The van der Waals surface area contributed by atoms with Crippen LogP contribution < -0.4 is 5.43 Å². The summed E-state index contributed by atoms with van der Waals surface area (Å²) < 4.78 is 80.7. The molecule has 1 aliphatic carbocycles. The molecule has 0 radical (unpaired) electrons. The fourth-order valence-electron chi connectivity index (χ4n) is 4.29. The minimum absolute atomic E-state index is 0.0353. The number of carboxylic acid groups (broad SMARTS) is 1. The van der Waals surface area contributed by atoms with Crippen LogP contribution in [-0.4, -0.2) is 44.8 Å². The fraction of sp³-hybridized carbons (Fsp3) is 0.115.